The Morgan fingerprint density at radius 2 is 1.92 bits per heavy atom. The molecule has 0 aliphatic heterocycles. The van der Waals surface area contributed by atoms with Crippen molar-refractivity contribution < 1.29 is 0 Å². The highest BCUT2D eigenvalue weighted by atomic mass is 35.5. The lowest BCUT2D eigenvalue weighted by Crippen LogP contribution is -2.12. The lowest BCUT2D eigenvalue weighted by Gasteiger charge is -1.99. The Bertz CT molecular complexity index is 214. The molecule has 2 nitrogen and oxygen atoms in total. The molecule has 0 radical (unpaired) electrons. The zero-order valence-electron chi connectivity index (χ0n) is 7.27. The smallest absolute Gasteiger partial charge is 0.0271 e. The number of rotatable bonds is 4. The lowest BCUT2D eigenvalue weighted by molar-refractivity contribution is 0.759. The van der Waals surface area contributed by atoms with Crippen molar-refractivity contribution in [3.05, 3.63) is 42.7 Å². The first-order valence-corrected chi connectivity index (χ1v) is 3.64. The van der Waals surface area contributed by atoms with Gasteiger partial charge in [0.1, 0.15) is 0 Å². The van der Waals surface area contributed by atoms with Gasteiger partial charge in [-0.15, -0.1) is 31.4 Å². The van der Waals surface area contributed by atoms with Crippen molar-refractivity contribution in [1.82, 2.24) is 10.3 Å². The highest BCUT2D eigenvalue weighted by molar-refractivity contribution is 5.85. The normalized spacial score (nSPS) is 8.00. The molecule has 0 atom stereocenters. The fourth-order valence-electron chi connectivity index (χ4n) is 0.819. The molecule has 1 N–H and O–H groups in total. The molecule has 0 saturated heterocycles. The van der Waals surface area contributed by atoms with Crippen molar-refractivity contribution >= 4 is 24.8 Å². The molecule has 1 aromatic rings. The molecule has 0 unspecified atom stereocenters. The van der Waals surface area contributed by atoms with Crippen LogP contribution in [0.25, 0.3) is 0 Å². The highest BCUT2D eigenvalue weighted by Crippen LogP contribution is 1.93. The molecule has 0 amide bonds. The third kappa shape index (κ3) is 6.58. The average molecular weight is 221 g/mol. The van der Waals surface area contributed by atoms with Crippen LogP contribution in [0.5, 0.6) is 0 Å². The number of hydrogen-bond donors (Lipinski definition) is 1. The van der Waals surface area contributed by atoms with E-state index in [0.29, 0.717) is 0 Å². The number of nitrogens with zero attached hydrogens (tertiary/aromatic N) is 1. The van der Waals surface area contributed by atoms with Crippen LogP contribution in [0.2, 0.25) is 0 Å². The van der Waals surface area contributed by atoms with Gasteiger partial charge in [0.2, 0.25) is 0 Å². The number of pyridine rings is 1. The van der Waals surface area contributed by atoms with E-state index in [1.807, 2.05) is 18.2 Å². The molecule has 0 bridgehead atoms. The van der Waals surface area contributed by atoms with Crippen LogP contribution in [0.15, 0.2) is 37.2 Å². The summed E-state index contributed by atoms with van der Waals surface area (Å²) >= 11 is 0. The predicted molar refractivity (Wildman–Crippen MR) is 60.6 cm³/mol. The monoisotopic (exact) mass is 220 g/mol. The molecule has 0 saturated carbocycles. The predicted octanol–water partition coefficient (Wildman–Crippen LogP) is 2.20. The van der Waals surface area contributed by atoms with Gasteiger partial charge in [0.05, 0.1) is 0 Å². The Hall–Kier alpha value is -0.570. The summed E-state index contributed by atoms with van der Waals surface area (Å²) in [6.45, 7) is 5.35. The minimum Gasteiger partial charge on any atom is -0.309 e. The van der Waals surface area contributed by atoms with Crippen molar-refractivity contribution in [2.24, 2.45) is 0 Å². The van der Waals surface area contributed by atoms with Crippen molar-refractivity contribution in [1.29, 1.82) is 0 Å². The van der Waals surface area contributed by atoms with E-state index in [1.54, 1.807) is 12.4 Å². The number of nitrogens with one attached hydrogen (secondary N) is 1. The zero-order valence-corrected chi connectivity index (χ0v) is 8.90. The lowest BCUT2D eigenvalue weighted by atomic mass is 10.3. The van der Waals surface area contributed by atoms with E-state index in [2.05, 4.69) is 16.9 Å². The topological polar surface area (TPSA) is 24.9 Å². The molecule has 1 aromatic heterocycles. The molecule has 0 spiro atoms. The summed E-state index contributed by atoms with van der Waals surface area (Å²) < 4.78 is 0. The van der Waals surface area contributed by atoms with Gasteiger partial charge in [-0.3, -0.25) is 4.98 Å². The Labute approximate surface area is 91.3 Å². The van der Waals surface area contributed by atoms with E-state index in [1.165, 1.54) is 5.56 Å². The van der Waals surface area contributed by atoms with Crippen LogP contribution >= 0.6 is 24.8 Å². The summed E-state index contributed by atoms with van der Waals surface area (Å²) in [6.07, 6.45) is 5.44. The Kier molecular flexibility index (Phi) is 10.9. The molecule has 0 aliphatic carbocycles. The molecule has 4 heteroatoms. The first-order valence-electron chi connectivity index (χ1n) is 3.64. The minimum absolute atomic E-state index is 0. The van der Waals surface area contributed by atoms with Crippen molar-refractivity contribution in [2.45, 2.75) is 6.54 Å². The van der Waals surface area contributed by atoms with Gasteiger partial charge in [0, 0.05) is 25.5 Å². The molecule has 13 heavy (non-hydrogen) atoms. The molecule has 0 aliphatic rings. The van der Waals surface area contributed by atoms with Crippen LogP contribution in [0, 0.1) is 0 Å². The van der Waals surface area contributed by atoms with Gasteiger partial charge in [0.15, 0.2) is 0 Å². The largest absolute Gasteiger partial charge is 0.309 e. The maximum atomic E-state index is 3.93. The van der Waals surface area contributed by atoms with E-state index in [-0.39, 0.29) is 24.8 Å². The van der Waals surface area contributed by atoms with E-state index in [4.69, 9.17) is 0 Å². The fourth-order valence-corrected chi connectivity index (χ4v) is 0.819. The first kappa shape index (κ1) is 14.9. The summed E-state index contributed by atoms with van der Waals surface area (Å²) in [6, 6.07) is 3.99. The quantitative estimate of drug-likeness (QED) is 0.622. The van der Waals surface area contributed by atoms with Crippen LogP contribution in [0.1, 0.15) is 5.56 Å². The third-order valence-electron chi connectivity index (χ3n) is 1.37. The second kappa shape index (κ2) is 9.52. The molecule has 1 rings (SSSR count). The summed E-state index contributed by atoms with van der Waals surface area (Å²) in [5, 5.41) is 3.21. The highest BCUT2D eigenvalue weighted by Gasteiger charge is 1.87. The third-order valence-corrected chi connectivity index (χ3v) is 1.37. The molecule has 74 valence electrons. The minimum atomic E-state index is 0. The van der Waals surface area contributed by atoms with Gasteiger partial charge < -0.3 is 5.32 Å². The molecule has 0 aromatic carbocycles. The van der Waals surface area contributed by atoms with Crippen molar-refractivity contribution in [3.8, 4) is 0 Å². The Balaban J connectivity index is 0. The van der Waals surface area contributed by atoms with Crippen LogP contribution in [0.4, 0.5) is 0 Å². The van der Waals surface area contributed by atoms with Gasteiger partial charge >= 0.3 is 0 Å². The van der Waals surface area contributed by atoms with E-state index in [9.17, 15) is 0 Å². The molecule has 1 heterocycles. The second-order valence-corrected chi connectivity index (χ2v) is 2.28. The van der Waals surface area contributed by atoms with Crippen LogP contribution in [0.3, 0.4) is 0 Å². The van der Waals surface area contributed by atoms with E-state index < -0.39 is 0 Å². The average Bonchev–Trinajstić information content (AvgIpc) is 2.07. The summed E-state index contributed by atoms with van der Waals surface area (Å²) in [5.41, 5.74) is 1.25. The van der Waals surface area contributed by atoms with Crippen molar-refractivity contribution in [2.75, 3.05) is 6.54 Å². The van der Waals surface area contributed by atoms with E-state index in [0.717, 1.165) is 13.1 Å². The summed E-state index contributed by atoms with van der Waals surface area (Å²) in [7, 11) is 0. The van der Waals surface area contributed by atoms with Crippen molar-refractivity contribution in [3.63, 3.8) is 0 Å². The van der Waals surface area contributed by atoms with Gasteiger partial charge in [-0.05, 0) is 17.7 Å². The van der Waals surface area contributed by atoms with Gasteiger partial charge in [-0.1, -0.05) is 6.08 Å². The number of hydrogen-bond acceptors (Lipinski definition) is 2. The molecular weight excluding hydrogens is 207 g/mol. The van der Waals surface area contributed by atoms with Gasteiger partial charge in [-0.25, -0.2) is 0 Å². The maximum Gasteiger partial charge on any atom is 0.0271 e. The second-order valence-electron chi connectivity index (χ2n) is 2.28. The van der Waals surface area contributed by atoms with Gasteiger partial charge in [-0.2, -0.15) is 0 Å². The summed E-state index contributed by atoms with van der Waals surface area (Å²) in [4.78, 5) is 3.93. The SMILES string of the molecule is C=CCNCc1ccncc1.Cl.Cl. The summed E-state index contributed by atoms with van der Waals surface area (Å²) in [5.74, 6) is 0. The number of halogens is 2. The zero-order chi connectivity index (χ0) is 7.94. The Morgan fingerprint density at radius 3 is 2.46 bits per heavy atom. The van der Waals surface area contributed by atoms with Crippen LogP contribution in [-0.4, -0.2) is 11.5 Å². The molecular formula is C9H14Cl2N2. The van der Waals surface area contributed by atoms with Gasteiger partial charge in [0.25, 0.3) is 0 Å². The van der Waals surface area contributed by atoms with Crippen LogP contribution < -0.4 is 5.32 Å². The fraction of sp³-hybridized carbons (Fsp3) is 0.222. The number of aromatic nitrogens is 1. The Morgan fingerprint density at radius 1 is 1.31 bits per heavy atom. The molecule has 0 fully saturated rings. The van der Waals surface area contributed by atoms with Crippen LogP contribution in [-0.2, 0) is 6.54 Å². The standard InChI is InChI=1S/C9H12N2.2ClH/c1-2-5-11-8-9-3-6-10-7-4-9;;/h2-4,6-7,11H,1,5,8H2;2*1H. The first-order chi connectivity index (χ1) is 5.43. The van der Waals surface area contributed by atoms with E-state index >= 15 is 0 Å². The maximum absolute atomic E-state index is 3.93.